The normalized spacial score (nSPS) is 11.0. The van der Waals surface area contributed by atoms with Gasteiger partial charge in [-0.05, 0) is 36.4 Å². The summed E-state index contributed by atoms with van der Waals surface area (Å²) in [5.41, 5.74) is 1.15. The zero-order valence-corrected chi connectivity index (χ0v) is 16.6. The van der Waals surface area contributed by atoms with Crippen LogP contribution in [0.5, 0.6) is 11.5 Å². The lowest BCUT2D eigenvalue weighted by Crippen LogP contribution is -2.21. The number of hydrogen-bond donors (Lipinski definition) is 0. The van der Waals surface area contributed by atoms with Crippen LogP contribution in [0.3, 0.4) is 0 Å². The van der Waals surface area contributed by atoms with Crippen molar-refractivity contribution < 1.29 is 14.0 Å². The minimum Gasteiger partial charge on any atom is -0.493 e. The molecule has 8 nitrogen and oxygen atoms in total. The molecule has 0 spiro atoms. The van der Waals surface area contributed by atoms with Crippen molar-refractivity contribution in [1.82, 2.24) is 19.7 Å². The highest BCUT2D eigenvalue weighted by Crippen LogP contribution is 2.31. The van der Waals surface area contributed by atoms with Crippen LogP contribution in [0.15, 0.2) is 56.5 Å². The maximum absolute atomic E-state index is 12.7. The third-order valence-corrected chi connectivity index (χ3v) is 4.69. The first-order valence-electron chi connectivity index (χ1n) is 8.28. The van der Waals surface area contributed by atoms with E-state index in [9.17, 15) is 4.79 Å². The number of rotatable bonds is 5. The van der Waals surface area contributed by atoms with Crippen LogP contribution < -0.4 is 15.0 Å². The van der Waals surface area contributed by atoms with E-state index < -0.39 is 0 Å². The molecule has 28 heavy (non-hydrogen) atoms. The molecule has 0 amide bonds. The quantitative estimate of drug-likeness (QED) is 0.468. The highest BCUT2D eigenvalue weighted by Gasteiger charge is 2.14. The molecule has 0 aliphatic rings. The maximum atomic E-state index is 12.7. The molecule has 0 aliphatic carbocycles. The summed E-state index contributed by atoms with van der Waals surface area (Å²) in [5.74, 6) is 1.85. The summed E-state index contributed by atoms with van der Waals surface area (Å²) in [6, 6.07) is 10.7. The molecule has 0 atom stereocenters. The van der Waals surface area contributed by atoms with Gasteiger partial charge in [-0.3, -0.25) is 9.36 Å². The Kier molecular flexibility index (Phi) is 4.82. The van der Waals surface area contributed by atoms with Gasteiger partial charge in [0.25, 0.3) is 5.56 Å². The average molecular weight is 443 g/mol. The summed E-state index contributed by atoms with van der Waals surface area (Å²) in [6.07, 6.45) is 1.47. The molecule has 0 N–H and O–H groups in total. The number of nitrogens with zero attached hydrogens (tertiary/aromatic N) is 4. The second-order valence-corrected chi connectivity index (χ2v) is 6.84. The van der Waals surface area contributed by atoms with Crippen LogP contribution in [-0.2, 0) is 6.54 Å². The van der Waals surface area contributed by atoms with Gasteiger partial charge in [0.05, 0.1) is 31.4 Å². The summed E-state index contributed by atoms with van der Waals surface area (Å²) in [7, 11) is 3.12. The fourth-order valence-corrected chi connectivity index (χ4v) is 3.16. The molecule has 2 aromatic heterocycles. The van der Waals surface area contributed by atoms with Crippen molar-refractivity contribution in [1.29, 1.82) is 0 Å². The SMILES string of the molecule is COc1ccc(-c2noc(Cn3cnc4ccc(Br)cc4c3=O)n2)cc1OC. The lowest BCUT2D eigenvalue weighted by Gasteiger charge is -2.07. The topological polar surface area (TPSA) is 92.3 Å². The van der Waals surface area contributed by atoms with Gasteiger partial charge in [-0.1, -0.05) is 21.1 Å². The summed E-state index contributed by atoms with van der Waals surface area (Å²) >= 11 is 3.37. The van der Waals surface area contributed by atoms with Crippen molar-refractivity contribution in [3.63, 3.8) is 0 Å². The van der Waals surface area contributed by atoms with Gasteiger partial charge >= 0.3 is 0 Å². The minimum atomic E-state index is -0.183. The average Bonchev–Trinajstić information content (AvgIpc) is 3.18. The molecule has 0 fully saturated rings. The Bertz CT molecular complexity index is 1220. The van der Waals surface area contributed by atoms with Crippen molar-refractivity contribution >= 4 is 26.8 Å². The van der Waals surface area contributed by atoms with Crippen LogP contribution in [0.1, 0.15) is 5.89 Å². The Hall–Kier alpha value is -3.20. The van der Waals surface area contributed by atoms with Crippen LogP contribution in [0.2, 0.25) is 0 Å². The van der Waals surface area contributed by atoms with Gasteiger partial charge in [0.1, 0.15) is 6.54 Å². The monoisotopic (exact) mass is 442 g/mol. The van der Waals surface area contributed by atoms with Crippen LogP contribution in [0.25, 0.3) is 22.3 Å². The predicted octanol–water partition coefficient (Wildman–Crippen LogP) is 3.27. The van der Waals surface area contributed by atoms with Gasteiger partial charge in [-0.2, -0.15) is 4.98 Å². The molecule has 0 bridgehead atoms. The van der Waals surface area contributed by atoms with E-state index in [2.05, 4.69) is 31.1 Å². The highest BCUT2D eigenvalue weighted by molar-refractivity contribution is 9.10. The predicted molar refractivity (Wildman–Crippen MR) is 106 cm³/mol. The van der Waals surface area contributed by atoms with Crippen LogP contribution >= 0.6 is 15.9 Å². The molecule has 2 aromatic carbocycles. The molecule has 0 aliphatic heterocycles. The van der Waals surface area contributed by atoms with Crippen molar-refractivity contribution in [3.8, 4) is 22.9 Å². The van der Waals surface area contributed by atoms with E-state index >= 15 is 0 Å². The maximum Gasteiger partial charge on any atom is 0.261 e. The number of fused-ring (bicyclic) bond motifs is 1. The first-order chi connectivity index (χ1) is 13.6. The first-order valence-corrected chi connectivity index (χ1v) is 9.08. The molecule has 0 radical (unpaired) electrons. The fraction of sp³-hybridized carbons (Fsp3) is 0.158. The van der Waals surface area contributed by atoms with Crippen molar-refractivity contribution in [3.05, 3.63) is 63.4 Å². The van der Waals surface area contributed by atoms with Crippen molar-refractivity contribution in [2.45, 2.75) is 6.54 Å². The number of ether oxygens (including phenoxy) is 2. The van der Waals surface area contributed by atoms with Gasteiger partial charge in [0.2, 0.25) is 11.7 Å². The molecule has 142 valence electrons. The zero-order chi connectivity index (χ0) is 19.7. The zero-order valence-electron chi connectivity index (χ0n) is 15.0. The summed E-state index contributed by atoms with van der Waals surface area (Å²) in [4.78, 5) is 21.4. The smallest absolute Gasteiger partial charge is 0.261 e. The third kappa shape index (κ3) is 3.36. The Morgan fingerprint density at radius 1 is 1.11 bits per heavy atom. The summed E-state index contributed by atoms with van der Waals surface area (Å²) < 4.78 is 18.1. The minimum absolute atomic E-state index is 0.120. The second kappa shape index (κ2) is 7.43. The van der Waals surface area contributed by atoms with Crippen molar-refractivity contribution in [2.75, 3.05) is 14.2 Å². The van der Waals surface area contributed by atoms with E-state index in [1.165, 1.54) is 10.9 Å². The Morgan fingerprint density at radius 2 is 1.93 bits per heavy atom. The summed E-state index contributed by atoms with van der Waals surface area (Å²) in [5, 5.41) is 4.50. The Balaban J connectivity index is 1.65. The van der Waals surface area contributed by atoms with Gasteiger partial charge in [0, 0.05) is 10.0 Å². The van der Waals surface area contributed by atoms with Gasteiger partial charge in [-0.25, -0.2) is 4.98 Å². The van der Waals surface area contributed by atoms with E-state index in [1.54, 1.807) is 44.6 Å². The molecular weight excluding hydrogens is 428 g/mol. The summed E-state index contributed by atoms with van der Waals surface area (Å²) in [6.45, 7) is 0.120. The van der Waals surface area contributed by atoms with E-state index in [0.29, 0.717) is 39.7 Å². The van der Waals surface area contributed by atoms with E-state index in [0.717, 1.165) is 4.47 Å². The standard InChI is InChI=1S/C19H15BrN4O4/c1-26-15-6-3-11(7-16(15)27-2)18-22-17(28-23-18)9-24-10-21-14-5-4-12(20)8-13(14)19(24)25/h3-8,10H,9H2,1-2H3. The van der Waals surface area contributed by atoms with Crippen molar-refractivity contribution in [2.24, 2.45) is 0 Å². The number of benzene rings is 2. The van der Waals surface area contributed by atoms with Gasteiger partial charge in [-0.15, -0.1) is 0 Å². The number of aromatic nitrogens is 4. The van der Waals surface area contributed by atoms with Gasteiger partial charge in [0.15, 0.2) is 11.5 Å². The lowest BCUT2D eigenvalue weighted by molar-refractivity contribution is 0.355. The Morgan fingerprint density at radius 3 is 2.71 bits per heavy atom. The molecule has 0 saturated carbocycles. The van der Waals surface area contributed by atoms with E-state index in [1.807, 2.05) is 6.07 Å². The molecule has 0 saturated heterocycles. The third-order valence-electron chi connectivity index (χ3n) is 4.20. The highest BCUT2D eigenvalue weighted by atomic mass is 79.9. The number of methoxy groups -OCH3 is 2. The molecule has 9 heteroatoms. The molecule has 2 heterocycles. The first kappa shape index (κ1) is 18.2. The van der Waals surface area contributed by atoms with Crippen LogP contribution in [-0.4, -0.2) is 33.9 Å². The van der Waals surface area contributed by atoms with Crippen LogP contribution in [0.4, 0.5) is 0 Å². The molecule has 0 unspecified atom stereocenters. The van der Waals surface area contributed by atoms with Crippen LogP contribution in [0, 0.1) is 0 Å². The lowest BCUT2D eigenvalue weighted by atomic mass is 10.2. The van der Waals surface area contributed by atoms with E-state index in [-0.39, 0.29) is 12.1 Å². The fourth-order valence-electron chi connectivity index (χ4n) is 2.80. The van der Waals surface area contributed by atoms with E-state index in [4.69, 9.17) is 14.0 Å². The number of hydrogen-bond acceptors (Lipinski definition) is 7. The Labute approximate surface area is 167 Å². The van der Waals surface area contributed by atoms with Gasteiger partial charge < -0.3 is 14.0 Å². The largest absolute Gasteiger partial charge is 0.493 e. The second-order valence-electron chi connectivity index (χ2n) is 5.92. The molecule has 4 rings (SSSR count). The number of halogens is 1. The molecule has 4 aromatic rings. The molecular formula is C19H15BrN4O4.